The van der Waals surface area contributed by atoms with Crippen LogP contribution >= 0.6 is 11.3 Å². The molecule has 0 unspecified atom stereocenters. The zero-order chi connectivity index (χ0) is 26.4. The van der Waals surface area contributed by atoms with Crippen LogP contribution in [0, 0.1) is 13.8 Å². The third kappa shape index (κ3) is 4.83. The molecule has 0 saturated heterocycles. The van der Waals surface area contributed by atoms with Crippen LogP contribution in [0.15, 0.2) is 36.4 Å². The summed E-state index contributed by atoms with van der Waals surface area (Å²) in [6, 6.07) is 8.99. The topological polar surface area (TPSA) is 85.6 Å². The zero-order valence-corrected chi connectivity index (χ0v) is 21.0. The lowest BCUT2D eigenvalue weighted by Crippen LogP contribution is -2.16. The summed E-state index contributed by atoms with van der Waals surface area (Å²) >= 11 is 1.19. The van der Waals surface area contributed by atoms with Gasteiger partial charge in [0.05, 0.1) is 18.4 Å². The van der Waals surface area contributed by atoms with Gasteiger partial charge in [0.1, 0.15) is 5.00 Å². The van der Waals surface area contributed by atoms with Gasteiger partial charge in [0, 0.05) is 16.5 Å². The quantitative estimate of drug-likeness (QED) is 0.317. The number of halogens is 3. The van der Waals surface area contributed by atoms with Crippen LogP contribution in [0.2, 0.25) is 0 Å². The third-order valence-corrected chi connectivity index (χ3v) is 7.06. The van der Waals surface area contributed by atoms with Gasteiger partial charge in [-0.1, -0.05) is 26.0 Å². The van der Waals surface area contributed by atoms with Crippen LogP contribution in [0.3, 0.4) is 0 Å². The molecule has 3 heterocycles. The molecule has 4 rings (SSSR count). The number of methoxy groups -OCH3 is 1. The highest BCUT2D eigenvalue weighted by Gasteiger charge is 2.36. The Morgan fingerprint density at radius 3 is 2.42 bits per heavy atom. The Kier molecular flexibility index (Phi) is 6.61. The largest absolute Gasteiger partial charge is 0.465 e. The summed E-state index contributed by atoms with van der Waals surface area (Å²) in [5, 5.41) is 6.71. The SMILES string of the molecule is COC(=O)c1cc(C(C)C)sc1NC(=O)c1cc2nc(-c3ccc(C)c(C)c3)cc(C(F)(F)F)n2n1. The molecule has 0 saturated carbocycles. The second kappa shape index (κ2) is 9.38. The zero-order valence-electron chi connectivity index (χ0n) is 20.1. The van der Waals surface area contributed by atoms with Crippen LogP contribution in [-0.2, 0) is 10.9 Å². The molecule has 36 heavy (non-hydrogen) atoms. The number of alkyl halides is 3. The number of aromatic nitrogens is 3. The molecule has 188 valence electrons. The van der Waals surface area contributed by atoms with Crippen molar-refractivity contribution in [2.24, 2.45) is 0 Å². The van der Waals surface area contributed by atoms with Crippen LogP contribution in [0.25, 0.3) is 16.9 Å². The number of anilines is 1. The summed E-state index contributed by atoms with van der Waals surface area (Å²) in [7, 11) is 1.22. The fourth-order valence-corrected chi connectivity index (χ4v) is 4.60. The van der Waals surface area contributed by atoms with Crippen LogP contribution < -0.4 is 5.32 Å². The minimum absolute atomic E-state index is 0.0848. The van der Waals surface area contributed by atoms with Gasteiger partial charge in [-0.2, -0.15) is 18.3 Å². The molecular weight excluding hydrogens is 493 g/mol. The predicted octanol–water partition coefficient (Wildman–Crippen LogP) is 6.26. The number of rotatable bonds is 5. The van der Waals surface area contributed by atoms with Crippen molar-refractivity contribution in [1.29, 1.82) is 0 Å². The number of carbonyl (C=O) groups excluding carboxylic acids is 2. The van der Waals surface area contributed by atoms with Gasteiger partial charge in [0.15, 0.2) is 17.0 Å². The summed E-state index contributed by atoms with van der Waals surface area (Å²) < 4.78 is 47.2. The molecule has 1 aromatic carbocycles. The van der Waals surface area contributed by atoms with E-state index < -0.39 is 23.7 Å². The Labute approximate surface area is 208 Å². The van der Waals surface area contributed by atoms with Crippen molar-refractivity contribution in [3.8, 4) is 11.3 Å². The molecule has 1 amide bonds. The van der Waals surface area contributed by atoms with Gasteiger partial charge in [-0.15, -0.1) is 11.3 Å². The highest BCUT2D eigenvalue weighted by Crippen LogP contribution is 2.35. The van der Waals surface area contributed by atoms with Crippen LogP contribution in [0.5, 0.6) is 0 Å². The average molecular weight is 517 g/mol. The Morgan fingerprint density at radius 1 is 1.08 bits per heavy atom. The molecule has 0 radical (unpaired) electrons. The predicted molar refractivity (Wildman–Crippen MR) is 131 cm³/mol. The number of nitrogens with zero attached hydrogens (tertiary/aromatic N) is 3. The maximum atomic E-state index is 13.9. The van der Waals surface area contributed by atoms with E-state index in [1.165, 1.54) is 24.5 Å². The Hall–Kier alpha value is -3.73. The van der Waals surface area contributed by atoms with Gasteiger partial charge in [0.25, 0.3) is 5.91 Å². The van der Waals surface area contributed by atoms with E-state index in [0.717, 1.165) is 22.1 Å². The van der Waals surface area contributed by atoms with E-state index in [2.05, 4.69) is 15.4 Å². The first-order chi connectivity index (χ1) is 16.9. The Bertz CT molecular complexity index is 1490. The number of benzene rings is 1. The molecular formula is C25H23F3N4O3S. The van der Waals surface area contributed by atoms with Crippen molar-refractivity contribution >= 4 is 33.9 Å². The smallest absolute Gasteiger partial charge is 0.433 e. The van der Waals surface area contributed by atoms with Gasteiger partial charge in [-0.25, -0.2) is 14.3 Å². The number of thiophene rings is 1. The summed E-state index contributed by atoms with van der Waals surface area (Å²) in [5.74, 6) is -1.33. The number of aryl methyl sites for hydroxylation is 2. The first kappa shape index (κ1) is 25.4. The monoisotopic (exact) mass is 516 g/mol. The van der Waals surface area contributed by atoms with Crippen LogP contribution in [0.1, 0.15) is 62.3 Å². The van der Waals surface area contributed by atoms with E-state index in [0.29, 0.717) is 10.1 Å². The maximum absolute atomic E-state index is 13.9. The van der Waals surface area contributed by atoms with Crippen LogP contribution in [0.4, 0.5) is 18.2 Å². The van der Waals surface area contributed by atoms with Crippen molar-refractivity contribution in [2.75, 3.05) is 12.4 Å². The second-order valence-electron chi connectivity index (χ2n) is 8.61. The van der Waals surface area contributed by atoms with E-state index in [1.807, 2.05) is 33.8 Å². The number of hydrogen-bond donors (Lipinski definition) is 1. The van der Waals surface area contributed by atoms with Gasteiger partial charge >= 0.3 is 12.1 Å². The molecule has 0 bridgehead atoms. The molecule has 1 N–H and O–H groups in total. The molecule has 7 nitrogen and oxygen atoms in total. The normalized spacial score (nSPS) is 11.8. The standard InChI is InChI=1S/C25H23F3N4O3S/c1-12(2)19-9-16(24(34)35-5)23(36-19)30-22(33)18-11-21-29-17(15-7-6-13(3)14(4)8-15)10-20(25(26,27)28)32(21)31-18/h6-12H,1-5H3,(H,30,33). The summed E-state index contributed by atoms with van der Waals surface area (Å²) in [6.45, 7) is 7.62. The van der Waals surface area contributed by atoms with Gasteiger partial charge in [0.2, 0.25) is 0 Å². The summed E-state index contributed by atoms with van der Waals surface area (Å²) in [5.41, 5.74) is 1.22. The fraction of sp³-hybridized carbons (Fsp3) is 0.280. The number of ether oxygens (including phenoxy) is 1. The highest BCUT2D eigenvalue weighted by atomic mass is 32.1. The average Bonchev–Trinajstić information content (AvgIpc) is 3.43. The highest BCUT2D eigenvalue weighted by molar-refractivity contribution is 7.16. The van der Waals surface area contributed by atoms with E-state index >= 15 is 0 Å². The molecule has 11 heteroatoms. The lowest BCUT2D eigenvalue weighted by atomic mass is 10.0. The lowest BCUT2D eigenvalue weighted by molar-refractivity contribution is -0.142. The molecule has 0 spiro atoms. The first-order valence-corrected chi connectivity index (χ1v) is 11.8. The number of fused-ring (bicyclic) bond motifs is 1. The fourth-order valence-electron chi connectivity index (χ4n) is 3.55. The second-order valence-corrected chi connectivity index (χ2v) is 9.70. The van der Waals surface area contributed by atoms with E-state index in [-0.39, 0.29) is 33.5 Å². The van der Waals surface area contributed by atoms with Gasteiger partial charge in [-0.05, 0) is 49.1 Å². The number of hydrogen-bond acceptors (Lipinski definition) is 6. The first-order valence-electron chi connectivity index (χ1n) is 11.0. The van der Waals surface area contributed by atoms with Gasteiger partial charge in [-0.3, -0.25) is 4.79 Å². The molecule has 4 aromatic rings. The molecule has 0 aliphatic carbocycles. The van der Waals surface area contributed by atoms with Crippen molar-refractivity contribution < 1.29 is 27.5 Å². The molecule has 0 aliphatic heterocycles. The van der Waals surface area contributed by atoms with Crippen molar-refractivity contribution in [1.82, 2.24) is 14.6 Å². The lowest BCUT2D eigenvalue weighted by Gasteiger charge is -2.11. The number of carbonyl (C=O) groups is 2. The van der Waals surface area contributed by atoms with E-state index in [9.17, 15) is 22.8 Å². The molecule has 0 atom stereocenters. The molecule has 0 aliphatic rings. The minimum Gasteiger partial charge on any atom is -0.465 e. The van der Waals surface area contributed by atoms with Crippen molar-refractivity contribution in [2.45, 2.75) is 39.8 Å². The molecule has 3 aromatic heterocycles. The van der Waals surface area contributed by atoms with E-state index in [4.69, 9.17) is 4.74 Å². The number of nitrogens with one attached hydrogen (secondary N) is 1. The third-order valence-electron chi connectivity index (χ3n) is 5.71. The maximum Gasteiger partial charge on any atom is 0.433 e. The minimum atomic E-state index is -4.74. The number of esters is 1. The van der Waals surface area contributed by atoms with Crippen LogP contribution in [-0.4, -0.2) is 33.6 Å². The summed E-state index contributed by atoms with van der Waals surface area (Å²) in [6.07, 6.45) is -4.74. The van der Waals surface area contributed by atoms with E-state index in [1.54, 1.807) is 18.2 Å². The number of amides is 1. The van der Waals surface area contributed by atoms with Crippen molar-refractivity contribution in [3.05, 3.63) is 69.4 Å². The molecule has 0 fully saturated rings. The Balaban J connectivity index is 1.77. The van der Waals surface area contributed by atoms with Crippen molar-refractivity contribution in [3.63, 3.8) is 0 Å². The van der Waals surface area contributed by atoms with Gasteiger partial charge < -0.3 is 10.1 Å². The summed E-state index contributed by atoms with van der Waals surface area (Å²) in [4.78, 5) is 30.3. The Morgan fingerprint density at radius 2 is 1.81 bits per heavy atom.